The summed E-state index contributed by atoms with van der Waals surface area (Å²) < 4.78 is 13.6. The Labute approximate surface area is 212 Å². The van der Waals surface area contributed by atoms with Crippen molar-refractivity contribution in [3.8, 4) is 17.4 Å². The summed E-state index contributed by atoms with van der Waals surface area (Å²) in [6, 6.07) is 27.3. The minimum atomic E-state index is -0.334. The topological polar surface area (TPSA) is 72.5 Å². The number of ether oxygens (including phenoxy) is 2. The number of methoxy groups -OCH3 is 1. The van der Waals surface area contributed by atoms with Crippen molar-refractivity contribution in [1.29, 1.82) is 5.41 Å². The van der Waals surface area contributed by atoms with Crippen LogP contribution in [-0.2, 0) is 0 Å². The molecule has 6 nitrogen and oxygen atoms in total. The van der Waals surface area contributed by atoms with Crippen LogP contribution in [0.15, 0.2) is 96.4 Å². The quantitative estimate of drug-likeness (QED) is 0.291. The van der Waals surface area contributed by atoms with Crippen LogP contribution >= 0.6 is 11.6 Å². The first-order chi connectivity index (χ1) is 17.6. The van der Waals surface area contributed by atoms with Gasteiger partial charge < -0.3 is 9.47 Å². The minimum Gasteiger partial charge on any atom is -0.496 e. The SMILES string of the molecule is COc1cc2c(c3ccccc13)Oc1ncn(/N=C/c3ccccc3)c(=N)c1C2c1ccc(Cl)cc1. The summed E-state index contributed by atoms with van der Waals surface area (Å²) in [7, 11) is 1.66. The van der Waals surface area contributed by atoms with E-state index in [1.807, 2.05) is 84.9 Å². The van der Waals surface area contributed by atoms with Crippen molar-refractivity contribution in [2.75, 3.05) is 7.11 Å². The normalized spacial score (nSPS) is 14.3. The Bertz CT molecular complexity index is 1680. The van der Waals surface area contributed by atoms with E-state index in [0.29, 0.717) is 22.2 Å². The molecule has 2 heterocycles. The van der Waals surface area contributed by atoms with Gasteiger partial charge >= 0.3 is 0 Å². The van der Waals surface area contributed by atoms with Crippen LogP contribution in [0, 0.1) is 5.41 Å². The van der Waals surface area contributed by atoms with Crippen LogP contribution in [0.4, 0.5) is 0 Å². The van der Waals surface area contributed by atoms with Gasteiger partial charge in [0.05, 0.1) is 18.9 Å². The van der Waals surface area contributed by atoms with Crippen molar-refractivity contribution < 1.29 is 9.47 Å². The highest BCUT2D eigenvalue weighted by atomic mass is 35.5. The van der Waals surface area contributed by atoms with Crippen LogP contribution in [0.2, 0.25) is 5.02 Å². The molecule has 1 aromatic heterocycles. The molecule has 176 valence electrons. The Kier molecular flexibility index (Phi) is 5.51. The minimum absolute atomic E-state index is 0.185. The Morgan fingerprint density at radius 2 is 1.72 bits per heavy atom. The van der Waals surface area contributed by atoms with Crippen molar-refractivity contribution >= 4 is 28.6 Å². The molecule has 0 aliphatic carbocycles. The van der Waals surface area contributed by atoms with Gasteiger partial charge in [-0.1, -0.05) is 78.3 Å². The van der Waals surface area contributed by atoms with E-state index in [1.54, 1.807) is 13.3 Å². The van der Waals surface area contributed by atoms with Gasteiger partial charge in [-0.15, -0.1) is 0 Å². The molecule has 0 radical (unpaired) electrons. The van der Waals surface area contributed by atoms with Crippen molar-refractivity contribution in [1.82, 2.24) is 9.66 Å². The maximum atomic E-state index is 9.09. The first-order valence-corrected chi connectivity index (χ1v) is 11.8. The van der Waals surface area contributed by atoms with Crippen molar-refractivity contribution in [2.45, 2.75) is 5.92 Å². The number of nitrogens with one attached hydrogen (secondary N) is 1. The number of aromatic nitrogens is 2. The van der Waals surface area contributed by atoms with E-state index in [0.717, 1.165) is 33.2 Å². The predicted octanol–water partition coefficient (Wildman–Crippen LogP) is 6.35. The Morgan fingerprint density at radius 3 is 2.47 bits per heavy atom. The smallest absolute Gasteiger partial charge is 0.228 e. The average molecular weight is 493 g/mol. The molecular formula is C29H21ClN4O2. The summed E-state index contributed by atoms with van der Waals surface area (Å²) in [4.78, 5) is 4.58. The molecule has 36 heavy (non-hydrogen) atoms. The zero-order valence-electron chi connectivity index (χ0n) is 19.4. The van der Waals surface area contributed by atoms with Crippen LogP contribution in [-0.4, -0.2) is 23.0 Å². The number of benzene rings is 4. The second kappa shape index (κ2) is 8.98. The van der Waals surface area contributed by atoms with Crippen LogP contribution in [0.25, 0.3) is 10.8 Å². The lowest BCUT2D eigenvalue weighted by atomic mass is 9.82. The molecule has 7 heteroatoms. The van der Waals surface area contributed by atoms with Gasteiger partial charge in [-0.3, -0.25) is 5.41 Å². The van der Waals surface area contributed by atoms with Gasteiger partial charge in [0.2, 0.25) is 5.88 Å². The number of fused-ring (bicyclic) bond motifs is 4. The number of hydrogen-bond donors (Lipinski definition) is 1. The monoisotopic (exact) mass is 492 g/mol. The summed E-state index contributed by atoms with van der Waals surface area (Å²) in [6.45, 7) is 0. The lowest BCUT2D eigenvalue weighted by Gasteiger charge is -2.29. The molecule has 0 amide bonds. The van der Waals surface area contributed by atoms with Crippen molar-refractivity contribution in [2.24, 2.45) is 5.10 Å². The van der Waals surface area contributed by atoms with Crippen LogP contribution in [0.5, 0.6) is 17.4 Å². The number of rotatable bonds is 4. The highest BCUT2D eigenvalue weighted by Gasteiger charge is 2.34. The second-order valence-electron chi connectivity index (χ2n) is 8.44. The molecule has 1 unspecified atom stereocenters. The van der Waals surface area contributed by atoms with Crippen molar-refractivity contribution in [3.05, 3.63) is 124 Å². The maximum absolute atomic E-state index is 9.09. The average Bonchev–Trinajstić information content (AvgIpc) is 2.92. The van der Waals surface area contributed by atoms with E-state index in [1.165, 1.54) is 11.0 Å². The van der Waals surface area contributed by atoms with Gasteiger partial charge in [-0.05, 0) is 29.3 Å². The third kappa shape index (κ3) is 3.72. The molecule has 1 N–H and O–H groups in total. The molecule has 5 aromatic rings. The van der Waals surface area contributed by atoms with Crippen LogP contribution in [0.3, 0.4) is 0 Å². The van der Waals surface area contributed by atoms with Gasteiger partial charge in [0.25, 0.3) is 0 Å². The van der Waals surface area contributed by atoms with E-state index in [-0.39, 0.29) is 11.4 Å². The summed E-state index contributed by atoms with van der Waals surface area (Å²) >= 11 is 6.22. The lowest BCUT2D eigenvalue weighted by molar-refractivity contribution is 0.410. The van der Waals surface area contributed by atoms with E-state index < -0.39 is 0 Å². The van der Waals surface area contributed by atoms with E-state index in [4.69, 9.17) is 26.5 Å². The fourth-order valence-electron chi connectivity index (χ4n) is 4.64. The number of nitrogens with zero attached hydrogens (tertiary/aromatic N) is 3. The van der Waals surface area contributed by atoms with E-state index in [2.05, 4.69) is 10.1 Å². The van der Waals surface area contributed by atoms with Gasteiger partial charge in [0.1, 0.15) is 17.8 Å². The molecule has 1 aliphatic heterocycles. The highest BCUT2D eigenvalue weighted by Crippen LogP contribution is 2.50. The van der Waals surface area contributed by atoms with E-state index in [9.17, 15) is 0 Å². The molecule has 0 saturated heterocycles. The van der Waals surface area contributed by atoms with Gasteiger partial charge in [0, 0.05) is 27.3 Å². The molecule has 0 saturated carbocycles. The zero-order valence-corrected chi connectivity index (χ0v) is 20.1. The first-order valence-electron chi connectivity index (χ1n) is 11.4. The Balaban J connectivity index is 1.59. The van der Waals surface area contributed by atoms with Gasteiger partial charge in [-0.25, -0.2) is 9.66 Å². The molecule has 0 spiro atoms. The number of hydrogen-bond acceptors (Lipinski definition) is 5. The Morgan fingerprint density at radius 1 is 1.00 bits per heavy atom. The molecule has 1 aliphatic rings. The molecule has 0 fully saturated rings. The predicted molar refractivity (Wildman–Crippen MR) is 140 cm³/mol. The maximum Gasteiger partial charge on any atom is 0.228 e. The Hall–Kier alpha value is -4.42. The highest BCUT2D eigenvalue weighted by molar-refractivity contribution is 6.30. The third-order valence-electron chi connectivity index (χ3n) is 6.34. The molecule has 1 atom stereocenters. The largest absolute Gasteiger partial charge is 0.496 e. The fraction of sp³-hybridized carbons (Fsp3) is 0.0690. The number of halogens is 1. The molecular weight excluding hydrogens is 472 g/mol. The second-order valence-corrected chi connectivity index (χ2v) is 8.88. The lowest BCUT2D eigenvalue weighted by Crippen LogP contribution is -2.28. The zero-order chi connectivity index (χ0) is 24.6. The third-order valence-corrected chi connectivity index (χ3v) is 6.59. The van der Waals surface area contributed by atoms with Crippen molar-refractivity contribution in [3.63, 3.8) is 0 Å². The molecule has 0 bridgehead atoms. The van der Waals surface area contributed by atoms with E-state index >= 15 is 0 Å². The molecule has 4 aromatic carbocycles. The summed E-state index contributed by atoms with van der Waals surface area (Å²) in [5.74, 6) is 1.49. The fourth-order valence-corrected chi connectivity index (χ4v) is 4.77. The summed E-state index contributed by atoms with van der Waals surface area (Å²) in [6.07, 6.45) is 3.22. The summed E-state index contributed by atoms with van der Waals surface area (Å²) in [5, 5.41) is 16.1. The van der Waals surface area contributed by atoms with Crippen LogP contribution in [0.1, 0.15) is 28.2 Å². The van der Waals surface area contributed by atoms with Gasteiger partial charge in [-0.2, -0.15) is 5.10 Å². The first kappa shape index (κ1) is 22.1. The summed E-state index contributed by atoms with van der Waals surface area (Å²) in [5.41, 5.74) is 3.58. The molecule has 6 rings (SSSR count). The standard InChI is InChI=1S/C29H21ClN4O2/c1-35-24-15-23-25(19-11-13-20(30)14-12-19)26-28(31)34(33-16-18-7-3-2-4-8-18)17-32-29(26)36-27(23)22-10-6-5-9-21(22)24/h2-17,25,31H,1H3/b31-28?,33-16+. The van der Waals surface area contributed by atoms with Crippen LogP contribution < -0.4 is 15.0 Å². The van der Waals surface area contributed by atoms with Gasteiger partial charge in [0.15, 0.2) is 5.49 Å².